The van der Waals surface area contributed by atoms with Gasteiger partial charge in [0.25, 0.3) is 5.16 Å². The summed E-state index contributed by atoms with van der Waals surface area (Å²) < 4.78 is 30.2. The zero-order chi connectivity index (χ0) is 16.1. The number of fused-ring (bicyclic) bond motifs is 1. The molecule has 3 rings (SSSR count). The van der Waals surface area contributed by atoms with Crippen molar-refractivity contribution < 1.29 is 23.4 Å². The van der Waals surface area contributed by atoms with Gasteiger partial charge in [-0.05, 0) is 0 Å². The largest absolute Gasteiger partial charge is 0.394 e. The Bertz CT molecular complexity index is 820. The lowest BCUT2D eigenvalue weighted by atomic mass is 10.2. The highest BCUT2D eigenvalue weighted by atomic mass is 32.2. The van der Waals surface area contributed by atoms with Crippen molar-refractivity contribution in [3.63, 3.8) is 0 Å². The molecule has 22 heavy (non-hydrogen) atoms. The maximum atomic E-state index is 11.6. The van der Waals surface area contributed by atoms with Crippen molar-refractivity contribution >= 4 is 26.8 Å². The molecule has 1 aliphatic heterocycles. The standard InChI is InChI=1S/C11H15N5O5S/c1-22(19,20)11-14-9(12)8-10(15-11)16(4-13-8)7-2-5(18)6(3-17)21-7/h4-7,17-18H,2-3H2,1H3,(H2,12,14,15)/t5?,6-,7-/m1/s1. The minimum Gasteiger partial charge on any atom is -0.394 e. The van der Waals surface area contributed by atoms with Gasteiger partial charge in [0.15, 0.2) is 11.5 Å². The number of nitrogen functional groups attached to an aromatic ring is 1. The van der Waals surface area contributed by atoms with Crippen LogP contribution in [0.15, 0.2) is 11.5 Å². The Morgan fingerprint density at radius 3 is 2.82 bits per heavy atom. The van der Waals surface area contributed by atoms with Crippen LogP contribution in [-0.4, -0.2) is 63.2 Å². The second-order valence-corrected chi connectivity index (χ2v) is 7.01. The second kappa shape index (κ2) is 5.12. The Morgan fingerprint density at radius 2 is 2.23 bits per heavy atom. The molecule has 3 heterocycles. The van der Waals surface area contributed by atoms with Gasteiger partial charge in [-0.2, -0.15) is 9.97 Å². The summed E-state index contributed by atoms with van der Waals surface area (Å²) in [4.78, 5) is 11.8. The fourth-order valence-corrected chi connectivity index (χ4v) is 2.86. The van der Waals surface area contributed by atoms with Crippen LogP contribution in [0, 0.1) is 0 Å². The number of nitrogens with zero attached hydrogens (tertiary/aromatic N) is 4. The van der Waals surface area contributed by atoms with Gasteiger partial charge in [0.1, 0.15) is 17.8 Å². The van der Waals surface area contributed by atoms with Gasteiger partial charge in [0.2, 0.25) is 9.84 Å². The molecule has 11 heteroatoms. The smallest absolute Gasteiger partial charge is 0.250 e. The van der Waals surface area contributed by atoms with Crippen LogP contribution in [-0.2, 0) is 14.6 Å². The van der Waals surface area contributed by atoms with Gasteiger partial charge in [0, 0.05) is 12.7 Å². The lowest BCUT2D eigenvalue weighted by Gasteiger charge is -2.13. The van der Waals surface area contributed by atoms with Crippen LogP contribution >= 0.6 is 0 Å². The molecule has 0 radical (unpaired) electrons. The number of anilines is 1. The molecular formula is C11H15N5O5S. The number of ether oxygens (including phenoxy) is 1. The number of aromatic nitrogens is 4. The van der Waals surface area contributed by atoms with Crippen molar-refractivity contribution in [2.45, 2.75) is 30.0 Å². The average Bonchev–Trinajstić information content (AvgIpc) is 3.01. The van der Waals surface area contributed by atoms with Crippen LogP contribution in [0.25, 0.3) is 11.2 Å². The number of rotatable bonds is 3. The topological polar surface area (TPSA) is 153 Å². The van der Waals surface area contributed by atoms with Crippen LogP contribution in [0.3, 0.4) is 0 Å². The lowest BCUT2D eigenvalue weighted by molar-refractivity contribution is -0.0432. The minimum absolute atomic E-state index is 0.0542. The van der Waals surface area contributed by atoms with Crippen LogP contribution < -0.4 is 5.73 Å². The highest BCUT2D eigenvalue weighted by Crippen LogP contribution is 2.31. The molecule has 1 unspecified atom stereocenters. The summed E-state index contributed by atoms with van der Waals surface area (Å²) >= 11 is 0. The third-order valence-corrected chi connectivity index (χ3v) is 4.30. The summed E-state index contributed by atoms with van der Waals surface area (Å²) in [5.74, 6) is -0.0542. The Kier molecular flexibility index (Phi) is 3.51. The van der Waals surface area contributed by atoms with Gasteiger partial charge in [0.05, 0.1) is 19.0 Å². The van der Waals surface area contributed by atoms with Gasteiger partial charge >= 0.3 is 0 Å². The number of imidazole rings is 1. The van der Waals surface area contributed by atoms with E-state index >= 15 is 0 Å². The highest BCUT2D eigenvalue weighted by Gasteiger charge is 2.35. The lowest BCUT2D eigenvalue weighted by Crippen LogP contribution is -2.24. The molecule has 4 N–H and O–H groups in total. The van der Waals surface area contributed by atoms with Gasteiger partial charge in [-0.25, -0.2) is 13.4 Å². The first-order valence-corrected chi connectivity index (χ1v) is 8.35. The third-order valence-electron chi connectivity index (χ3n) is 3.45. The molecule has 2 aromatic rings. The number of sulfone groups is 1. The molecule has 1 saturated heterocycles. The normalized spacial score (nSPS) is 25.9. The summed E-state index contributed by atoms with van der Waals surface area (Å²) in [6, 6.07) is 0. The van der Waals surface area contributed by atoms with E-state index in [2.05, 4.69) is 15.0 Å². The van der Waals surface area contributed by atoms with Crippen molar-refractivity contribution in [1.29, 1.82) is 0 Å². The van der Waals surface area contributed by atoms with E-state index in [0.29, 0.717) is 0 Å². The SMILES string of the molecule is CS(=O)(=O)c1nc(N)c2ncn([C@H]3CC(O)[C@@H](CO)O3)c2n1. The van der Waals surface area contributed by atoms with Crippen LogP contribution in [0.2, 0.25) is 0 Å². The molecule has 0 aliphatic carbocycles. The van der Waals surface area contributed by atoms with Crippen LogP contribution in [0.4, 0.5) is 5.82 Å². The van der Waals surface area contributed by atoms with Gasteiger partial charge in [-0.1, -0.05) is 0 Å². The maximum absolute atomic E-state index is 11.6. The van der Waals surface area contributed by atoms with Crippen LogP contribution in [0.5, 0.6) is 0 Å². The van der Waals surface area contributed by atoms with Crippen molar-refractivity contribution in [2.75, 3.05) is 18.6 Å². The number of aliphatic hydroxyl groups is 2. The zero-order valence-corrected chi connectivity index (χ0v) is 12.4. The molecule has 0 amide bonds. The van der Waals surface area contributed by atoms with Crippen molar-refractivity contribution in [1.82, 2.24) is 19.5 Å². The fourth-order valence-electron chi connectivity index (χ4n) is 2.34. The van der Waals surface area contributed by atoms with Gasteiger partial charge < -0.3 is 20.7 Å². The molecule has 2 aromatic heterocycles. The Hall–Kier alpha value is -1.82. The molecule has 0 bridgehead atoms. The third kappa shape index (κ3) is 2.41. The maximum Gasteiger partial charge on any atom is 0.250 e. The summed E-state index contributed by atoms with van der Waals surface area (Å²) in [6.45, 7) is -0.323. The van der Waals surface area contributed by atoms with E-state index in [1.165, 1.54) is 10.9 Å². The predicted molar refractivity (Wildman–Crippen MR) is 74.5 cm³/mol. The second-order valence-electron chi connectivity index (χ2n) is 5.10. The van der Waals surface area contributed by atoms with E-state index in [1.807, 2.05) is 0 Å². The molecule has 10 nitrogen and oxygen atoms in total. The average molecular weight is 329 g/mol. The molecule has 1 aliphatic rings. The summed E-state index contributed by atoms with van der Waals surface area (Å²) in [5.41, 5.74) is 6.17. The Morgan fingerprint density at radius 1 is 1.50 bits per heavy atom. The van der Waals surface area contributed by atoms with Crippen molar-refractivity contribution in [3.05, 3.63) is 6.33 Å². The van der Waals surface area contributed by atoms with E-state index in [0.717, 1.165) is 6.26 Å². The van der Waals surface area contributed by atoms with Crippen molar-refractivity contribution in [2.24, 2.45) is 0 Å². The fraction of sp³-hybridized carbons (Fsp3) is 0.545. The first-order chi connectivity index (χ1) is 10.3. The molecule has 0 aromatic carbocycles. The Balaban J connectivity index is 2.10. The van der Waals surface area contributed by atoms with E-state index in [1.54, 1.807) is 0 Å². The van der Waals surface area contributed by atoms with E-state index in [9.17, 15) is 13.5 Å². The van der Waals surface area contributed by atoms with E-state index < -0.39 is 33.4 Å². The molecule has 3 atom stereocenters. The Labute approximate surface area is 125 Å². The first kappa shape index (κ1) is 15.1. The van der Waals surface area contributed by atoms with E-state index in [4.69, 9.17) is 15.6 Å². The minimum atomic E-state index is -3.63. The van der Waals surface area contributed by atoms with Gasteiger partial charge in [-0.15, -0.1) is 0 Å². The summed E-state index contributed by atoms with van der Waals surface area (Å²) in [7, 11) is -3.63. The monoisotopic (exact) mass is 329 g/mol. The number of hydrogen-bond donors (Lipinski definition) is 3. The van der Waals surface area contributed by atoms with Crippen molar-refractivity contribution in [3.8, 4) is 0 Å². The molecule has 1 fully saturated rings. The van der Waals surface area contributed by atoms with E-state index in [-0.39, 0.29) is 30.0 Å². The number of aliphatic hydroxyl groups excluding tert-OH is 2. The predicted octanol–water partition coefficient (Wildman–Crippen LogP) is -1.55. The van der Waals surface area contributed by atoms with Gasteiger partial charge in [-0.3, -0.25) is 4.57 Å². The highest BCUT2D eigenvalue weighted by molar-refractivity contribution is 7.90. The molecular weight excluding hydrogens is 314 g/mol. The first-order valence-electron chi connectivity index (χ1n) is 6.45. The zero-order valence-electron chi connectivity index (χ0n) is 11.6. The quantitative estimate of drug-likeness (QED) is 0.568. The molecule has 0 spiro atoms. The number of hydrogen-bond acceptors (Lipinski definition) is 9. The molecule has 0 saturated carbocycles. The molecule has 120 valence electrons. The summed E-state index contributed by atoms with van der Waals surface area (Å²) in [6.07, 6.45) is 0.412. The number of nitrogens with two attached hydrogens (primary N) is 1. The van der Waals surface area contributed by atoms with Crippen LogP contribution in [0.1, 0.15) is 12.6 Å². The summed E-state index contributed by atoms with van der Waals surface area (Å²) in [5, 5.41) is 18.5.